The topological polar surface area (TPSA) is 63.9 Å². The van der Waals surface area contributed by atoms with Crippen LogP contribution in [0, 0.1) is 12.8 Å². The maximum Gasteiger partial charge on any atom is 0.266 e. The van der Waals surface area contributed by atoms with E-state index in [1.165, 1.54) is 18.4 Å². The van der Waals surface area contributed by atoms with E-state index in [2.05, 4.69) is 20.0 Å². The van der Waals surface area contributed by atoms with Crippen LogP contribution in [0.1, 0.15) is 48.7 Å². The molecule has 0 atom stereocenters. The van der Waals surface area contributed by atoms with E-state index in [9.17, 15) is 4.79 Å². The van der Waals surface area contributed by atoms with Gasteiger partial charge in [-0.15, -0.1) is 0 Å². The van der Waals surface area contributed by atoms with Crippen molar-refractivity contribution in [3.8, 4) is 0 Å². The number of piperidine rings is 1. The third kappa shape index (κ3) is 4.12. The van der Waals surface area contributed by atoms with Crippen LogP contribution in [-0.4, -0.2) is 37.7 Å². The second kappa shape index (κ2) is 7.04. The molecule has 0 spiro atoms. The van der Waals surface area contributed by atoms with Gasteiger partial charge < -0.3 is 0 Å². The van der Waals surface area contributed by atoms with E-state index in [-0.39, 0.29) is 5.56 Å². The molecule has 1 saturated heterocycles. The van der Waals surface area contributed by atoms with Crippen molar-refractivity contribution in [2.24, 2.45) is 5.92 Å². The highest BCUT2D eigenvalue weighted by molar-refractivity contribution is 5.12. The van der Waals surface area contributed by atoms with Crippen LogP contribution in [0.25, 0.3) is 0 Å². The standard InChI is InChI=1S/C19H25N5O/c1-14-20-10-16(11-21-14)12-23-8-6-15(7-9-23)13-24-19(25)5-4-18(22-24)17-2-3-17/h4-5,10-11,15,17H,2-3,6-9,12-13H2,1H3. The summed E-state index contributed by atoms with van der Waals surface area (Å²) in [5.74, 6) is 1.93. The predicted octanol–water partition coefficient (Wildman–Crippen LogP) is 2.13. The molecule has 2 aromatic rings. The molecule has 0 unspecified atom stereocenters. The Morgan fingerprint density at radius 1 is 1.08 bits per heavy atom. The SMILES string of the molecule is Cc1ncc(CN2CCC(Cn3nc(C4CC4)ccc3=O)CC2)cn1. The van der Waals surface area contributed by atoms with Crippen LogP contribution in [0.15, 0.2) is 29.3 Å². The summed E-state index contributed by atoms with van der Waals surface area (Å²) in [6.07, 6.45) is 8.48. The highest BCUT2D eigenvalue weighted by Crippen LogP contribution is 2.38. The summed E-state index contributed by atoms with van der Waals surface area (Å²) in [5.41, 5.74) is 2.29. The minimum Gasteiger partial charge on any atom is -0.299 e. The average Bonchev–Trinajstić information content (AvgIpc) is 3.46. The Hall–Kier alpha value is -2.08. The molecule has 0 radical (unpaired) electrons. The summed E-state index contributed by atoms with van der Waals surface area (Å²) in [6.45, 7) is 5.66. The van der Waals surface area contributed by atoms with Crippen LogP contribution in [-0.2, 0) is 13.1 Å². The summed E-state index contributed by atoms with van der Waals surface area (Å²) in [5, 5.41) is 4.60. The third-order valence-corrected chi connectivity index (χ3v) is 5.26. The van der Waals surface area contributed by atoms with Crippen molar-refractivity contribution in [3.63, 3.8) is 0 Å². The van der Waals surface area contributed by atoms with Crippen LogP contribution in [0.4, 0.5) is 0 Å². The minimum absolute atomic E-state index is 0.0311. The molecular formula is C19H25N5O. The fraction of sp³-hybridized carbons (Fsp3) is 0.579. The highest BCUT2D eigenvalue weighted by Gasteiger charge is 2.26. The number of likely N-dealkylation sites (tertiary alicyclic amines) is 1. The number of hydrogen-bond acceptors (Lipinski definition) is 5. The molecule has 0 N–H and O–H groups in total. The predicted molar refractivity (Wildman–Crippen MR) is 95.2 cm³/mol. The quantitative estimate of drug-likeness (QED) is 0.835. The number of rotatable bonds is 5. The molecule has 132 valence electrons. The van der Waals surface area contributed by atoms with Crippen molar-refractivity contribution in [2.45, 2.75) is 51.6 Å². The first-order chi connectivity index (χ1) is 12.2. The lowest BCUT2D eigenvalue weighted by molar-refractivity contribution is 0.163. The summed E-state index contributed by atoms with van der Waals surface area (Å²) in [4.78, 5) is 23.1. The summed E-state index contributed by atoms with van der Waals surface area (Å²) in [7, 11) is 0. The first-order valence-corrected chi connectivity index (χ1v) is 9.25. The van der Waals surface area contributed by atoms with Gasteiger partial charge in [0.05, 0.1) is 5.69 Å². The Labute approximate surface area is 147 Å². The first-order valence-electron chi connectivity index (χ1n) is 9.25. The Kier molecular flexibility index (Phi) is 4.61. The molecule has 1 aliphatic carbocycles. The molecule has 4 rings (SSSR count). The smallest absolute Gasteiger partial charge is 0.266 e. The number of hydrogen-bond donors (Lipinski definition) is 0. The van der Waals surface area contributed by atoms with E-state index >= 15 is 0 Å². The van der Waals surface area contributed by atoms with Gasteiger partial charge in [0.15, 0.2) is 0 Å². The van der Waals surface area contributed by atoms with Crippen molar-refractivity contribution in [1.82, 2.24) is 24.6 Å². The number of aromatic nitrogens is 4. The van der Waals surface area contributed by atoms with E-state index in [1.807, 2.05) is 25.4 Å². The largest absolute Gasteiger partial charge is 0.299 e. The Morgan fingerprint density at radius 3 is 2.48 bits per heavy atom. The summed E-state index contributed by atoms with van der Waals surface area (Å²) >= 11 is 0. The Morgan fingerprint density at radius 2 is 1.80 bits per heavy atom. The molecule has 6 heteroatoms. The van der Waals surface area contributed by atoms with Crippen LogP contribution >= 0.6 is 0 Å². The second-order valence-electron chi connectivity index (χ2n) is 7.41. The second-order valence-corrected chi connectivity index (χ2v) is 7.41. The third-order valence-electron chi connectivity index (χ3n) is 5.26. The lowest BCUT2D eigenvalue weighted by Gasteiger charge is -2.31. The molecule has 1 saturated carbocycles. The monoisotopic (exact) mass is 339 g/mol. The molecule has 1 aliphatic heterocycles. The van der Waals surface area contributed by atoms with Crippen molar-refractivity contribution in [3.05, 3.63) is 52.0 Å². The van der Waals surface area contributed by atoms with Crippen LogP contribution in [0.2, 0.25) is 0 Å². The van der Waals surface area contributed by atoms with E-state index in [0.717, 1.165) is 50.5 Å². The Balaban J connectivity index is 1.32. The fourth-order valence-electron chi connectivity index (χ4n) is 3.52. The average molecular weight is 339 g/mol. The Bertz CT molecular complexity index is 773. The van der Waals surface area contributed by atoms with Crippen LogP contribution in [0.3, 0.4) is 0 Å². The number of nitrogens with zero attached hydrogens (tertiary/aromatic N) is 5. The van der Waals surface area contributed by atoms with Gasteiger partial charge in [-0.2, -0.15) is 5.10 Å². The molecular weight excluding hydrogens is 314 g/mol. The lowest BCUT2D eigenvalue weighted by Crippen LogP contribution is -2.36. The molecule has 25 heavy (non-hydrogen) atoms. The zero-order chi connectivity index (χ0) is 17.2. The van der Waals surface area contributed by atoms with Crippen LogP contribution in [0.5, 0.6) is 0 Å². The van der Waals surface area contributed by atoms with Gasteiger partial charge in [0, 0.05) is 43.0 Å². The molecule has 6 nitrogen and oxygen atoms in total. The molecule has 2 aliphatic rings. The van der Waals surface area contributed by atoms with Crippen molar-refractivity contribution in [2.75, 3.05) is 13.1 Å². The van der Waals surface area contributed by atoms with Gasteiger partial charge in [0.25, 0.3) is 5.56 Å². The zero-order valence-electron chi connectivity index (χ0n) is 14.8. The maximum atomic E-state index is 12.1. The normalized spacial score (nSPS) is 19.2. The van der Waals surface area contributed by atoms with E-state index in [4.69, 9.17) is 0 Å². The van der Waals surface area contributed by atoms with Gasteiger partial charge in [-0.1, -0.05) is 0 Å². The number of aryl methyl sites for hydroxylation is 1. The molecule has 2 fully saturated rings. The maximum absolute atomic E-state index is 12.1. The van der Waals surface area contributed by atoms with Crippen molar-refractivity contribution in [1.29, 1.82) is 0 Å². The zero-order valence-corrected chi connectivity index (χ0v) is 14.8. The van der Waals surface area contributed by atoms with E-state index in [1.54, 1.807) is 10.7 Å². The highest BCUT2D eigenvalue weighted by atomic mass is 16.1. The lowest BCUT2D eigenvalue weighted by atomic mass is 9.96. The van der Waals surface area contributed by atoms with Crippen LogP contribution < -0.4 is 5.56 Å². The van der Waals surface area contributed by atoms with Gasteiger partial charge in [0.1, 0.15) is 5.82 Å². The van der Waals surface area contributed by atoms with Crippen molar-refractivity contribution >= 4 is 0 Å². The minimum atomic E-state index is 0.0311. The molecule has 0 amide bonds. The molecule has 2 aromatic heterocycles. The molecule has 0 bridgehead atoms. The van der Waals surface area contributed by atoms with Gasteiger partial charge in [-0.3, -0.25) is 9.69 Å². The van der Waals surface area contributed by atoms with Gasteiger partial charge in [0.2, 0.25) is 0 Å². The summed E-state index contributed by atoms with van der Waals surface area (Å²) < 4.78 is 1.70. The van der Waals surface area contributed by atoms with Crippen molar-refractivity contribution < 1.29 is 0 Å². The van der Waals surface area contributed by atoms with E-state index in [0.29, 0.717) is 11.8 Å². The molecule has 0 aromatic carbocycles. The van der Waals surface area contributed by atoms with Gasteiger partial charge >= 0.3 is 0 Å². The fourth-order valence-corrected chi connectivity index (χ4v) is 3.52. The van der Waals surface area contributed by atoms with Gasteiger partial charge in [-0.25, -0.2) is 14.6 Å². The summed E-state index contributed by atoms with van der Waals surface area (Å²) in [6, 6.07) is 3.59. The van der Waals surface area contributed by atoms with E-state index < -0.39 is 0 Å². The first kappa shape index (κ1) is 16.4. The molecule has 3 heterocycles. The van der Waals surface area contributed by atoms with Gasteiger partial charge in [-0.05, 0) is 57.7 Å².